The van der Waals surface area contributed by atoms with Gasteiger partial charge in [-0.25, -0.2) is 0 Å². The van der Waals surface area contributed by atoms with Crippen LogP contribution in [0.2, 0.25) is 0 Å². The van der Waals surface area contributed by atoms with Gasteiger partial charge in [-0.1, -0.05) is 6.42 Å². The van der Waals surface area contributed by atoms with E-state index in [1.807, 2.05) is 0 Å². The molecule has 6 nitrogen and oxygen atoms in total. The summed E-state index contributed by atoms with van der Waals surface area (Å²) < 4.78 is 0. The first-order chi connectivity index (χ1) is 10.2. The molecule has 0 radical (unpaired) electrons. The number of hydrazine groups is 1. The second-order valence-corrected chi connectivity index (χ2v) is 5.56. The minimum atomic E-state index is -0.136. The summed E-state index contributed by atoms with van der Waals surface area (Å²) in [5.41, 5.74) is 3.58. The van der Waals surface area contributed by atoms with Crippen LogP contribution in [0.3, 0.4) is 0 Å². The van der Waals surface area contributed by atoms with Crippen LogP contribution in [0.5, 0.6) is 0 Å². The highest BCUT2D eigenvalue weighted by atomic mass is 16.1. The summed E-state index contributed by atoms with van der Waals surface area (Å²) in [6.07, 6.45) is 8.00. The molecule has 0 aliphatic carbocycles. The van der Waals surface area contributed by atoms with E-state index in [9.17, 15) is 4.79 Å². The number of pyridine rings is 1. The van der Waals surface area contributed by atoms with E-state index in [1.54, 1.807) is 12.3 Å². The summed E-state index contributed by atoms with van der Waals surface area (Å²) in [5.74, 6) is 5.26. The molecule has 1 aliphatic heterocycles. The molecule has 6 heteroatoms. The van der Waals surface area contributed by atoms with Gasteiger partial charge in [0.05, 0.1) is 11.3 Å². The van der Waals surface area contributed by atoms with Crippen LogP contribution >= 0.6 is 0 Å². The lowest BCUT2D eigenvalue weighted by molar-refractivity contribution is 0.0949. The van der Waals surface area contributed by atoms with Crippen LogP contribution in [0.15, 0.2) is 18.5 Å². The van der Waals surface area contributed by atoms with Crippen molar-refractivity contribution in [3.8, 4) is 0 Å². The number of nitrogens with one attached hydrogen (secondary N) is 2. The summed E-state index contributed by atoms with van der Waals surface area (Å²) in [5, 5.41) is 2.93. The predicted molar refractivity (Wildman–Crippen MR) is 83.9 cm³/mol. The molecule has 1 aromatic heterocycles. The number of piperidine rings is 1. The molecule has 1 atom stereocenters. The maximum Gasteiger partial charge on any atom is 0.255 e. The van der Waals surface area contributed by atoms with E-state index in [-0.39, 0.29) is 5.91 Å². The van der Waals surface area contributed by atoms with Crippen molar-refractivity contribution >= 4 is 11.6 Å². The molecule has 0 aromatic carbocycles. The largest absolute Gasteiger partial charge is 0.352 e. The van der Waals surface area contributed by atoms with Crippen molar-refractivity contribution < 1.29 is 4.79 Å². The van der Waals surface area contributed by atoms with E-state index >= 15 is 0 Å². The maximum atomic E-state index is 12.1. The van der Waals surface area contributed by atoms with Gasteiger partial charge in [0.1, 0.15) is 0 Å². The lowest BCUT2D eigenvalue weighted by Crippen LogP contribution is -2.39. The van der Waals surface area contributed by atoms with E-state index in [0.717, 1.165) is 13.0 Å². The fourth-order valence-electron chi connectivity index (χ4n) is 2.77. The Balaban J connectivity index is 1.74. The third kappa shape index (κ3) is 4.41. The van der Waals surface area contributed by atoms with Crippen LogP contribution in [0.4, 0.5) is 5.69 Å². The van der Waals surface area contributed by atoms with Gasteiger partial charge in [-0.05, 0) is 38.8 Å². The average molecular weight is 291 g/mol. The second kappa shape index (κ2) is 7.95. The van der Waals surface area contributed by atoms with Gasteiger partial charge in [0, 0.05) is 31.5 Å². The Labute approximate surface area is 126 Å². The minimum absolute atomic E-state index is 0.136. The van der Waals surface area contributed by atoms with Crippen molar-refractivity contribution in [3.63, 3.8) is 0 Å². The Kier molecular flexibility index (Phi) is 5.95. The lowest BCUT2D eigenvalue weighted by atomic mass is 10.0. The van der Waals surface area contributed by atoms with Gasteiger partial charge in [-0.3, -0.25) is 15.6 Å². The van der Waals surface area contributed by atoms with Gasteiger partial charge in [0.2, 0.25) is 0 Å². The normalized spacial score (nSPS) is 19.2. The van der Waals surface area contributed by atoms with Gasteiger partial charge < -0.3 is 15.6 Å². The zero-order chi connectivity index (χ0) is 15.1. The number of nitrogen functional groups attached to an aromatic ring is 1. The number of hydrogen-bond donors (Lipinski definition) is 3. The van der Waals surface area contributed by atoms with Crippen molar-refractivity contribution in [3.05, 3.63) is 24.0 Å². The fourth-order valence-corrected chi connectivity index (χ4v) is 2.77. The summed E-state index contributed by atoms with van der Waals surface area (Å²) in [6, 6.07) is 2.35. The molecule has 4 N–H and O–H groups in total. The van der Waals surface area contributed by atoms with Crippen molar-refractivity contribution in [1.82, 2.24) is 15.2 Å². The highest BCUT2D eigenvalue weighted by Crippen LogP contribution is 2.16. The number of likely N-dealkylation sites (tertiary alicyclic amines) is 1. The summed E-state index contributed by atoms with van der Waals surface area (Å²) in [4.78, 5) is 18.5. The molecule has 2 heterocycles. The van der Waals surface area contributed by atoms with Crippen molar-refractivity contribution in [2.75, 3.05) is 25.1 Å². The first-order valence-corrected chi connectivity index (χ1v) is 7.65. The number of nitrogens with zero attached hydrogens (tertiary/aromatic N) is 2. The molecule has 2 rings (SSSR count). The van der Waals surface area contributed by atoms with Crippen LogP contribution in [0.25, 0.3) is 0 Å². The predicted octanol–water partition coefficient (Wildman–Crippen LogP) is 1.36. The number of aromatic nitrogens is 1. The van der Waals surface area contributed by atoms with Crippen molar-refractivity contribution in [2.24, 2.45) is 5.84 Å². The Morgan fingerprint density at radius 3 is 3.14 bits per heavy atom. The highest BCUT2D eigenvalue weighted by Gasteiger charge is 2.17. The molecular weight excluding hydrogens is 266 g/mol. The van der Waals surface area contributed by atoms with Gasteiger partial charge >= 0.3 is 0 Å². The highest BCUT2D eigenvalue weighted by molar-refractivity contribution is 5.99. The molecule has 1 fully saturated rings. The van der Waals surface area contributed by atoms with Crippen LogP contribution in [0, 0.1) is 0 Å². The second-order valence-electron chi connectivity index (χ2n) is 5.56. The molecule has 1 saturated heterocycles. The molecule has 1 amide bonds. The molecule has 1 aliphatic rings. The Bertz CT molecular complexity index is 465. The van der Waals surface area contributed by atoms with Crippen LogP contribution < -0.4 is 16.6 Å². The minimum Gasteiger partial charge on any atom is -0.352 e. The number of anilines is 1. The smallest absolute Gasteiger partial charge is 0.255 e. The van der Waals surface area contributed by atoms with Gasteiger partial charge in [0.25, 0.3) is 5.91 Å². The first kappa shape index (κ1) is 15.7. The number of nitrogens with two attached hydrogens (primary N) is 1. The number of rotatable bonds is 6. The van der Waals surface area contributed by atoms with Crippen molar-refractivity contribution in [2.45, 2.75) is 38.6 Å². The number of carbonyl (C=O) groups excluding carboxylic acids is 1. The standard InChI is InChI=1S/C15H25N5O/c1-12-5-2-3-9-20(12)10-4-7-18-15(21)13-11-17-8-6-14(13)19-16/h6,8,11-12H,2-5,7,9-10,16H2,1H3,(H,17,19)(H,18,21). The number of carbonyl (C=O) groups is 1. The molecule has 0 spiro atoms. The maximum absolute atomic E-state index is 12.1. The van der Waals surface area contributed by atoms with Gasteiger partial charge in [0.15, 0.2) is 0 Å². The van der Waals surface area contributed by atoms with E-state index in [4.69, 9.17) is 5.84 Å². The van der Waals surface area contributed by atoms with Crippen LogP contribution in [-0.2, 0) is 0 Å². The lowest BCUT2D eigenvalue weighted by Gasteiger charge is -2.33. The molecule has 116 valence electrons. The zero-order valence-corrected chi connectivity index (χ0v) is 12.6. The Hall–Kier alpha value is -1.66. The summed E-state index contributed by atoms with van der Waals surface area (Å²) in [6.45, 7) is 5.17. The van der Waals surface area contributed by atoms with E-state index in [0.29, 0.717) is 23.8 Å². The van der Waals surface area contributed by atoms with Crippen molar-refractivity contribution in [1.29, 1.82) is 0 Å². The first-order valence-electron chi connectivity index (χ1n) is 7.65. The summed E-state index contributed by atoms with van der Waals surface area (Å²) in [7, 11) is 0. The van der Waals surface area contributed by atoms with E-state index < -0.39 is 0 Å². The molecule has 0 saturated carbocycles. The van der Waals surface area contributed by atoms with Crippen LogP contribution in [-0.4, -0.2) is 41.5 Å². The third-order valence-electron chi connectivity index (χ3n) is 4.07. The molecule has 21 heavy (non-hydrogen) atoms. The average Bonchev–Trinajstić information content (AvgIpc) is 2.52. The number of hydrogen-bond acceptors (Lipinski definition) is 5. The van der Waals surface area contributed by atoms with Crippen LogP contribution in [0.1, 0.15) is 43.0 Å². The molecule has 0 bridgehead atoms. The van der Waals surface area contributed by atoms with Gasteiger partial charge in [-0.15, -0.1) is 0 Å². The zero-order valence-electron chi connectivity index (χ0n) is 12.6. The molecular formula is C15H25N5O. The Morgan fingerprint density at radius 2 is 2.38 bits per heavy atom. The van der Waals surface area contributed by atoms with E-state index in [1.165, 1.54) is 32.0 Å². The van der Waals surface area contributed by atoms with Gasteiger partial charge in [-0.2, -0.15) is 0 Å². The monoisotopic (exact) mass is 291 g/mol. The van der Waals surface area contributed by atoms with E-state index in [2.05, 4.69) is 27.6 Å². The molecule has 1 aromatic rings. The quantitative estimate of drug-likeness (QED) is 0.419. The Morgan fingerprint density at radius 1 is 1.52 bits per heavy atom. The third-order valence-corrected chi connectivity index (χ3v) is 4.07. The fraction of sp³-hybridized carbons (Fsp3) is 0.600. The molecule has 1 unspecified atom stereocenters. The topological polar surface area (TPSA) is 83.3 Å². The SMILES string of the molecule is CC1CCCCN1CCCNC(=O)c1cnccc1NN. The summed E-state index contributed by atoms with van der Waals surface area (Å²) >= 11 is 0. The number of amides is 1.